The summed E-state index contributed by atoms with van der Waals surface area (Å²) < 4.78 is 33.4. The number of carbonyl (C=O) groups is 3. The van der Waals surface area contributed by atoms with Gasteiger partial charge in [0, 0.05) is 32.7 Å². The van der Waals surface area contributed by atoms with E-state index in [0.29, 0.717) is 91.3 Å². The van der Waals surface area contributed by atoms with Gasteiger partial charge in [0.2, 0.25) is 0 Å². The molecule has 1 fully saturated rings. The van der Waals surface area contributed by atoms with Crippen LogP contribution < -0.4 is 0 Å². The van der Waals surface area contributed by atoms with Gasteiger partial charge in [-0.3, -0.25) is 9.80 Å². The highest BCUT2D eigenvalue weighted by atomic mass is 16.5. The number of benzene rings is 1. The van der Waals surface area contributed by atoms with Gasteiger partial charge in [-0.1, -0.05) is 52.0 Å². The number of hydrogen-bond donors (Lipinski definition) is 1. The average molecular weight is 741 g/mol. The van der Waals surface area contributed by atoms with Gasteiger partial charge in [-0.15, -0.1) is 0 Å². The monoisotopic (exact) mass is 740 g/mol. The molecule has 2 aromatic heterocycles. The number of methoxy groups -OCH3 is 2. The van der Waals surface area contributed by atoms with Crippen LogP contribution in [0.2, 0.25) is 0 Å². The number of carboxylic acid groups (broad SMARTS) is 1. The van der Waals surface area contributed by atoms with E-state index in [1.54, 1.807) is 48.5 Å². The fourth-order valence-electron chi connectivity index (χ4n) is 5.25. The molecule has 1 aromatic carbocycles. The number of esters is 2. The zero-order valence-corrected chi connectivity index (χ0v) is 32.0. The van der Waals surface area contributed by atoms with E-state index < -0.39 is 23.9 Å². The fourth-order valence-corrected chi connectivity index (χ4v) is 5.25. The molecule has 292 valence electrons. The molecule has 0 aliphatic carbocycles. The minimum Gasteiger partial charge on any atom is -0.478 e. The van der Waals surface area contributed by atoms with E-state index >= 15 is 0 Å². The molecule has 1 saturated heterocycles. The van der Waals surface area contributed by atoms with Crippen LogP contribution in [0, 0.1) is 0 Å². The van der Waals surface area contributed by atoms with Gasteiger partial charge in [-0.25, -0.2) is 24.4 Å². The lowest BCUT2D eigenvalue weighted by Crippen LogP contribution is -2.36. The molecular weight excluding hydrogens is 684 g/mol. The lowest BCUT2D eigenvalue weighted by molar-refractivity contribution is 0.00330. The Balaban J connectivity index is 0.00000235. The Hall–Kier alpha value is -4.31. The minimum absolute atomic E-state index is 0.165. The molecular formula is C39H56N4O10. The molecule has 14 nitrogen and oxygen atoms in total. The van der Waals surface area contributed by atoms with Crippen molar-refractivity contribution in [3.05, 3.63) is 94.6 Å². The lowest BCUT2D eigenvalue weighted by Gasteiger charge is -2.32. The van der Waals surface area contributed by atoms with Gasteiger partial charge >= 0.3 is 17.9 Å². The highest BCUT2D eigenvalue weighted by Gasteiger charge is 2.25. The van der Waals surface area contributed by atoms with Crippen molar-refractivity contribution < 1.29 is 47.9 Å². The Bertz CT molecular complexity index is 1470. The molecule has 0 spiro atoms. The van der Waals surface area contributed by atoms with Crippen LogP contribution in [0.4, 0.5) is 0 Å². The third kappa shape index (κ3) is 15.7. The van der Waals surface area contributed by atoms with Crippen LogP contribution in [0.5, 0.6) is 0 Å². The van der Waals surface area contributed by atoms with Gasteiger partial charge in [-0.05, 0) is 42.0 Å². The summed E-state index contributed by atoms with van der Waals surface area (Å²) in [5, 5.41) is 9.45. The summed E-state index contributed by atoms with van der Waals surface area (Å²) in [5.74, 6) is -2.06. The summed E-state index contributed by atoms with van der Waals surface area (Å²) >= 11 is 0. The normalized spacial score (nSPS) is 16.2. The largest absolute Gasteiger partial charge is 0.478 e. The molecule has 0 bridgehead atoms. The van der Waals surface area contributed by atoms with Crippen molar-refractivity contribution in [2.24, 2.45) is 0 Å². The number of hydrogen-bond acceptors (Lipinski definition) is 13. The van der Waals surface area contributed by atoms with E-state index in [4.69, 9.17) is 28.4 Å². The third-order valence-corrected chi connectivity index (χ3v) is 7.76. The SMILES string of the molecule is CC.CC.COC(=O)c1cccc(CN2CCOCCOCCN(C(c3ccc(C(=O)O)cc3)c3cccc(C(=O)OC)n3)CCOCCOCC2)n1. The molecule has 1 aliphatic heterocycles. The van der Waals surface area contributed by atoms with E-state index in [9.17, 15) is 19.5 Å². The first-order valence-electron chi connectivity index (χ1n) is 18.1. The van der Waals surface area contributed by atoms with E-state index in [1.165, 1.54) is 14.2 Å². The van der Waals surface area contributed by atoms with Gasteiger partial charge < -0.3 is 33.5 Å². The van der Waals surface area contributed by atoms with Crippen molar-refractivity contribution in [3.8, 4) is 0 Å². The first-order chi connectivity index (χ1) is 25.9. The number of aromatic nitrogens is 2. The molecule has 1 N–H and O–H groups in total. The average Bonchev–Trinajstić information content (AvgIpc) is 3.20. The third-order valence-electron chi connectivity index (χ3n) is 7.76. The molecule has 4 rings (SSSR count). The Morgan fingerprint density at radius 3 is 1.62 bits per heavy atom. The predicted octanol–water partition coefficient (Wildman–Crippen LogP) is 4.77. The second-order valence-electron chi connectivity index (χ2n) is 11.0. The predicted molar refractivity (Wildman–Crippen MR) is 199 cm³/mol. The van der Waals surface area contributed by atoms with Crippen LogP contribution in [0.25, 0.3) is 0 Å². The maximum atomic E-state index is 12.3. The molecule has 0 amide bonds. The number of rotatable bonds is 8. The molecule has 1 atom stereocenters. The minimum atomic E-state index is -1.02. The van der Waals surface area contributed by atoms with E-state index in [2.05, 4.69) is 19.8 Å². The number of carboxylic acids is 1. The maximum absolute atomic E-state index is 12.3. The van der Waals surface area contributed by atoms with Crippen LogP contribution in [0.3, 0.4) is 0 Å². The van der Waals surface area contributed by atoms with Crippen molar-refractivity contribution in [3.63, 3.8) is 0 Å². The smallest absolute Gasteiger partial charge is 0.356 e. The number of nitrogens with zero attached hydrogens (tertiary/aromatic N) is 4. The summed E-state index contributed by atoms with van der Waals surface area (Å²) in [4.78, 5) is 49.1. The van der Waals surface area contributed by atoms with Crippen molar-refractivity contribution in [2.45, 2.75) is 40.3 Å². The lowest BCUT2D eigenvalue weighted by atomic mass is 9.99. The van der Waals surface area contributed by atoms with E-state index in [1.807, 2.05) is 39.8 Å². The van der Waals surface area contributed by atoms with Gasteiger partial charge in [-0.2, -0.15) is 0 Å². The molecule has 14 heteroatoms. The highest BCUT2D eigenvalue weighted by molar-refractivity contribution is 5.88. The number of aromatic carboxylic acids is 1. The highest BCUT2D eigenvalue weighted by Crippen LogP contribution is 2.28. The summed E-state index contributed by atoms with van der Waals surface area (Å²) in [7, 11) is 2.63. The summed E-state index contributed by atoms with van der Waals surface area (Å²) in [6.07, 6.45) is 0. The van der Waals surface area contributed by atoms with Crippen molar-refractivity contribution >= 4 is 17.9 Å². The van der Waals surface area contributed by atoms with Gasteiger partial charge in [0.25, 0.3) is 0 Å². The first-order valence-corrected chi connectivity index (χ1v) is 18.1. The Labute approximate surface area is 313 Å². The maximum Gasteiger partial charge on any atom is 0.356 e. The van der Waals surface area contributed by atoms with Crippen LogP contribution in [-0.4, -0.2) is 136 Å². The van der Waals surface area contributed by atoms with Crippen molar-refractivity contribution in [2.75, 3.05) is 93.3 Å². The standard InChI is InChI=1S/C35H44N4O10.2C2H6/c1-44-34(42)30-7-3-5-28(36-30)25-38-13-17-46-21-23-48-19-15-39(16-20-49-24-22-47-18-14-38)32(26-9-11-27(12-10-26)33(40)41)29-6-4-8-31(37-29)35(43)45-2;2*1-2/h3-12,32H,13-25H2,1-2H3,(H,40,41);2*1-2H3. The number of pyridine rings is 2. The zero-order valence-electron chi connectivity index (χ0n) is 32.0. The molecule has 0 radical (unpaired) electrons. The second kappa shape index (κ2) is 26.5. The van der Waals surface area contributed by atoms with Crippen molar-refractivity contribution in [1.82, 2.24) is 19.8 Å². The quantitative estimate of drug-likeness (QED) is 0.315. The zero-order chi connectivity index (χ0) is 38.8. The molecule has 1 aliphatic rings. The van der Waals surface area contributed by atoms with E-state index in [0.717, 1.165) is 11.3 Å². The first kappa shape index (κ1) is 44.8. The van der Waals surface area contributed by atoms with E-state index in [-0.39, 0.29) is 17.0 Å². The fraction of sp³-hybridized carbons (Fsp3) is 0.513. The van der Waals surface area contributed by atoms with Crippen LogP contribution >= 0.6 is 0 Å². The van der Waals surface area contributed by atoms with Gasteiger partial charge in [0.05, 0.1) is 90.1 Å². The Morgan fingerprint density at radius 2 is 1.13 bits per heavy atom. The Morgan fingerprint density at radius 1 is 0.660 bits per heavy atom. The molecule has 0 saturated carbocycles. The van der Waals surface area contributed by atoms with Crippen LogP contribution in [0.1, 0.15) is 82.0 Å². The molecule has 3 heterocycles. The molecule has 53 heavy (non-hydrogen) atoms. The summed E-state index contributed by atoms with van der Waals surface area (Å²) in [6, 6.07) is 16.6. The summed E-state index contributed by atoms with van der Waals surface area (Å²) in [5.41, 5.74) is 2.72. The topological polar surface area (TPSA) is 159 Å². The van der Waals surface area contributed by atoms with Gasteiger partial charge in [0.1, 0.15) is 11.4 Å². The number of carbonyl (C=O) groups excluding carboxylic acids is 2. The van der Waals surface area contributed by atoms with Crippen LogP contribution in [-0.2, 0) is 35.0 Å². The van der Waals surface area contributed by atoms with Crippen LogP contribution in [0.15, 0.2) is 60.7 Å². The van der Waals surface area contributed by atoms with Crippen molar-refractivity contribution in [1.29, 1.82) is 0 Å². The molecule has 3 aromatic rings. The van der Waals surface area contributed by atoms with Gasteiger partial charge in [0.15, 0.2) is 0 Å². The summed E-state index contributed by atoms with van der Waals surface area (Å²) in [6.45, 7) is 14.0. The molecule has 1 unspecified atom stereocenters. The second-order valence-corrected chi connectivity index (χ2v) is 11.0. The Kier molecular flexibility index (Phi) is 22.4. The number of ether oxygens (including phenoxy) is 6.